The third kappa shape index (κ3) is 7.65. The summed E-state index contributed by atoms with van der Waals surface area (Å²) in [5, 5.41) is 6.50. The number of hydrogen-bond acceptors (Lipinski definition) is 5. The summed E-state index contributed by atoms with van der Waals surface area (Å²) in [6, 6.07) is 17.9. The molecule has 0 atom stereocenters. The summed E-state index contributed by atoms with van der Waals surface area (Å²) in [5.41, 5.74) is 2.06. The fraction of sp³-hybridized carbons (Fsp3) is 0.360. The predicted octanol–water partition coefficient (Wildman–Crippen LogP) is 4.39. The van der Waals surface area contributed by atoms with Crippen LogP contribution >= 0.6 is 0 Å². The molecule has 0 aliphatic rings. The Hall–Kier alpha value is -3.48. The predicted molar refractivity (Wildman–Crippen MR) is 126 cm³/mol. The molecule has 0 bridgehead atoms. The molecular weight excluding hydrogens is 404 g/mol. The van der Waals surface area contributed by atoms with E-state index >= 15 is 0 Å². The van der Waals surface area contributed by atoms with Crippen LogP contribution in [0, 0.1) is 13.8 Å². The number of nitrogens with zero attached hydrogens (tertiary/aromatic N) is 2. The lowest BCUT2D eigenvalue weighted by Crippen LogP contribution is -2.37. The van der Waals surface area contributed by atoms with Crippen LogP contribution in [0.2, 0.25) is 0 Å². The molecule has 7 heteroatoms. The molecule has 1 heterocycles. The van der Waals surface area contributed by atoms with Gasteiger partial charge in [0.05, 0.1) is 18.8 Å². The number of aromatic nitrogens is 1. The van der Waals surface area contributed by atoms with E-state index in [1.54, 1.807) is 7.05 Å². The van der Waals surface area contributed by atoms with Crippen LogP contribution in [-0.2, 0) is 13.2 Å². The standard InChI is InChI=1S/C25H32N4O3/c1-19-20(2)32-24(29-19)17-28-25(26-3)27-15-7-8-16-30-22-11-13-23(14-12-22)31-18-21-9-5-4-6-10-21/h4-6,9-14H,7-8,15-18H2,1-3H3,(H2,26,27,28). The van der Waals surface area contributed by atoms with Crippen LogP contribution in [0.1, 0.15) is 35.7 Å². The summed E-state index contributed by atoms with van der Waals surface area (Å²) in [5.74, 6) is 3.91. The lowest BCUT2D eigenvalue weighted by atomic mass is 10.2. The number of aryl methyl sites for hydroxylation is 2. The van der Waals surface area contributed by atoms with E-state index in [1.165, 1.54) is 0 Å². The Labute approximate surface area is 189 Å². The van der Waals surface area contributed by atoms with Crippen molar-refractivity contribution in [3.8, 4) is 11.5 Å². The molecule has 1 aromatic heterocycles. The first-order valence-electron chi connectivity index (χ1n) is 10.9. The van der Waals surface area contributed by atoms with Crippen molar-refractivity contribution in [3.05, 3.63) is 77.5 Å². The Morgan fingerprint density at radius 2 is 1.66 bits per heavy atom. The van der Waals surface area contributed by atoms with Crippen LogP contribution in [0.5, 0.6) is 11.5 Å². The molecule has 2 N–H and O–H groups in total. The molecule has 0 amide bonds. The van der Waals surface area contributed by atoms with Crippen LogP contribution in [0.25, 0.3) is 0 Å². The van der Waals surface area contributed by atoms with E-state index in [0.717, 1.165) is 53.9 Å². The number of nitrogens with one attached hydrogen (secondary N) is 2. The normalized spacial score (nSPS) is 11.3. The SMILES string of the molecule is CN=C(NCCCCOc1ccc(OCc2ccccc2)cc1)NCc1nc(C)c(C)o1. The van der Waals surface area contributed by atoms with Gasteiger partial charge in [-0.15, -0.1) is 0 Å². The maximum Gasteiger partial charge on any atom is 0.214 e. The van der Waals surface area contributed by atoms with E-state index in [0.29, 0.717) is 25.6 Å². The second kappa shape index (κ2) is 12.4. The molecule has 2 aromatic carbocycles. The van der Waals surface area contributed by atoms with Gasteiger partial charge in [0.1, 0.15) is 23.9 Å². The van der Waals surface area contributed by atoms with Crippen LogP contribution in [0.4, 0.5) is 0 Å². The van der Waals surface area contributed by atoms with Crippen molar-refractivity contribution in [1.29, 1.82) is 0 Å². The summed E-state index contributed by atoms with van der Waals surface area (Å²) >= 11 is 0. The van der Waals surface area contributed by atoms with E-state index in [1.807, 2.05) is 56.3 Å². The molecule has 0 radical (unpaired) electrons. The molecule has 3 aromatic rings. The maximum atomic E-state index is 5.83. The van der Waals surface area contributed by atoms with E-state index in [2.05, 4.69) is 32.7 Å². The number of benzene rings is 2. The molecule has 0 fully saturated rings. The third-order valence-corrected chi connectivity index (χ3v) is 4.91. The number of oxazole rings is 1. The maximum absolute atomic E-state index is 5.83. The topological polar surface area (TPSA) is 80.9 Å². The average molecular weight is 437 g/mol. The summed E-state index contributed by atoms with van der Waals surface area (Å²) in [4.78, 5) is 8.58. The van der Waals surface area contributed by atoms with Gasteiger partial charge in [-0.2, -0.15) is 0 Å². The molecule has 0 spiro atoms. The van der Waals surface area contributed by atoms with Gasteiger partial charge >= 0.3 is 0 Å². The highest BCUT2D eigenvalue weighted by Crippen LogP contribution is 2.19. The van der Waals surface area contributed by atoms with Gasteiger partial charge in [0.15, 0.2) is 5.96 Å². The van der Waals surface area contributed by atoms with E-state index in [-0.39, 0.29) is 0 Å². The number of ether oxygens (including phenoxy) is 2. The second-order valence-corrected chi connectivity index (χ2v) is 7.40. The summed E-state index contributed by atoms with van der Waals surface area (Å²) in [6.07, 6.45) is 1.91. The average Bonchev–Trinajstić information content (AvgIpc) is 3.15. The highest BCUT2D eigenvalue weighted by molar-refractivity contribution is 5.79. The zero-order valence-electron chi connectivity index (χ0n) is 19.1. The molecule has 3 rings (SSSR count). The monoisotopic (exact) mass is 436 g/mol. The molecule has 170 valence electrons. The number of unbranched alkanes of at least 4 members (excludes halogenated alkanes) is 1. The van der Waals surface area contributed by atoms with Gasteiger partial charge in [0.25, 0.3) is 0 Å². The minimum Gasteiger partial charge on any atom is -0.494 e. The van der Waals surface area contributed by atoms with Crippen LogP contribution in [-0.4, -0.2) is 31.1 Å². The minimum atomic E-state index is 0.503. The number of aliphatic imine (C=N–C) groups is 1. The molecule has 0 saturated carbocycles. The quantitative estimate of drug-likeness (QED) is 0.264. The zero-order chi connectivity index (χ0) is 22.6. The Morgan fingerprint density at radius 1 is 0.938 bits per heavy atom. The van der Waals surface area contributed by atoms with Crippen molar-refractivity contribution in [1.82, 2.24) is 15.6 Å². The first-order valence-corrected chi connectivity index (χ1v) is 10.9. The zero-order valence-corrected chi connectivity index (χ0v) is 19.1. The van der Waals surface area contributed by atoms with Crippen molar-refractivity contribution < 1.29 is 13.9 Å². The molecule has 0 aliphatic carbocycles. The number of hydrogen-bond donors (Lipinski definition) is 2. The van der Waals surface area contributed by atoms with Gasteiger partial charge in [0, 0.05) is 13.6 Å². The van der Waals surface area contributed by atoms with Crippen molar-refractivity contribution in [3.63, 3.8) is 0 Å². The van der Waals surface area contributed by atoms with E-state index in [9.17, 15) is 0 Å². The van der Waals surface area contributed by atoms with Crippen molar-refractivity contribution in [2.45, 2.75) is 39.8 Å². The highest BCUT2D eigenvalue weighted by Gasteiger charge is 2.06. The lowest BCUT2D eigenvalue weighted by molar-refractivity contribution is 0.298. The summed E-state index contributed by atoms with van der Waals surface area (Å²) in [6.45, 7) is 6.37. The Morgan fingerprint density at radius 3 is 2.31 bits per heavy atom. The van der Waals surface area contributed by atoms with Gasteiger partial charge in [-0.1, -0.05) is 30.3 Å². The Bertz CT molecular complexity index is 949. The van der Waals surface area contributed by atoms with E-state index in [4.69, 9.17) is 13.9 Å². The van der Waals surface area contributed by atoms with Crippen molar-refractivity contribution >= 4 is 5.96 Å². The van der Waals surface area contributed by atoms with Crippen molar-refractivity contribution in [2.75, 3.05) is 20.2 Å². The third-order valence-electron chi connectivity index (χ3n) is 4.91. The van der Waals surface area contributed by atoms with Gasteiger partial charge in [-0.05, 0) is 56.5 Å². The Kier molecular flexibility index (Phi) is 8.98. The molecular formula is C25H32N4O3. The van der Waals surface area contributed by atoms with Crippen molar-refractivity contribution in [2.24, 2.45) is 4.99 Å². The lowest BCUT2D eigenvalue weighted by Gasteiger charge is -2.11. The van der Waals surface area contributed by atoms with Gasteiger partial charge < -0.3 is 24.5 Å². The fourth-order valence-corrected chi connectivity index (χ4v) is 2.99. The van der Waals surface area contributed by atoms with Gasteiger partial charge in [-0.25, -0.2) is 4.98 Å². The summed E-state index contributed by atoms with van der Waals surface area (Å²) in [7, 11) is 1.75. The first-order chi connectivity index (χ1) is 15.6. The van der Waals surface area contributed by atoms with Gasteiger partial charge in [-0.3, -0.25) is 4.99 Å². The number of rotatable bonds is 11. The number of guanidine groups is 1. The molecule has 32 heavy (non-hydrogen) atoms. The largest absolute Gasteiger partial charge is 0.494 e. The van der Waals surface area contributed by atoms with Crippen LogP contribution < -0.4 is 20.1 Å². The molecule has 0 aliphatic heterocycles. The van der Waals surface area contributed by atoms with E-state index < -0.39 is 0 Å². The second-order valence-electron chi connectivity index (χ2n) is 7.40. The fourth-order valence-electron chi connectivity index (χ4n) is 2.99. The summed E-state index contributed by atoms with van der Waals surface area (Å²) < 4.78 is 17.2. The molecule has 7 nitrogen and oxygen atoms in total. The smallest absolute Gasteiger partial charge is 0.214 e. The first kappa shape index (κ1) is 23.2. The molecule has 0 unspecified atom stereocenters. The van der Waals surface area contributed by atoms with Crippen LogP contribution in [0.3, 0.4) is 0 Å². The molecule has 0 saturated heterocycles. The van der Waals surface area contributed by atoms with Crippen LogP contribution in [0.15, 0.2) is 64.0 Å². The minimum absolute atomic E-state index is 0.503. The highest BCUT2D eigenvalue weighted by atomic mass is 16.5. The Balaban J connectivity index is 1.27. The van der Waals surface area contributed by atoms with Gasteiger partial charge in [0.2, 0.25) is 5.89 Å².